The summed E-state index contributed by atoms with van der Waals surface area (Å²) >= 11 is 7.07. The standard InChI is InChI=1S/C9H12Br2Si/c1-12(2,3)9-6-7(10)4-5-8(9)11/h4-6H,1-3H3. The molecule has 0 heterocycles. The summed E-state index contributed by atoms with van der Waals surface area (Å²) in [5.74, 6) is 0. The van der Waals surface area contributed by atoms with Crippen molar-refractivity contribution in [1.29, 1.82) is 0 Å². The van der Waals surface area contributed by atoms with Crippen LogP contribution in [0.15, 0.2) is 27.1 Å². The Kier molecular flexibility index (Phi) is 3.18. The van der Waals surface area contributed by atoms with E-state index in [0.29, 0.717) is 0 Å². The number of halogens is 2. The van der Waals surface area contributed by atoms with Crippen LogP contribution in [0.1, 0.15) is 0 Å². The van der Waals surface area contributed by atoms with Crippen LogP contribution in [0.5, 0.6) is 0 Å². The fraction of sp³-hybridized carbons (Fsp3) is 0.333. The van der Waals surface area contributed by atoms with Crippen LogP contribution in [0.3, 0.4) is 0 Å². The Morgan fingerprint density at radius 1 is 1.08 bits per heavy atom. The quantitative estimate of drug-likeness (QED) is 0.693. The van der Waals surface area contributed by atoms with Crippen LogP contribution in [-0.2, 0) is 0 Å². The fourth-order valence-corrected chi connectivity index (χ4v) is 5.06. The summed E-state index contributed by atoms with van der Waals surface area (Å²) < 4.78 is 2.41. The molecule has 0 spiro atoms. The predicted octanol–water partition coefficient (Wildman–Crippen LogP) is 3.76. The number of benzene rings is 1. The monoisotopic (exact) mass is 306 g/mol. The first-order valence-electron chi connectivity index (χ1n) is 3.87. The van der Waals surface area contributed by atoms with Gasteiger partial charge in [0.25, 0.3) is 0 Å². The van der Waals surface area contributed by atoms with E-state index in [1.165, 1.54) is 14.1 Å². The molecule has 12 heavy (non-hydrogen) atoms. The summed E-state index contributed by atoms with van der Waals surface area (Å²) in [7, 11) is -1.19. The minimum absolute atomic E-state index is 1.17. The second-order valence-corrected chi connectivity index (χ2v) is 10.7. The van der Waals surface area contributed by atoms with Crippen molar-refractivity contribution in [3.05, 3.63) is 27.1 Å². The molecular formula is C9H12Br2Si. The van der Waals surface area contributed by atoms with Gasteiger partial charge in [0.1, 0.15) is 0 Å². The van der Waals surface area contributed by atoms with Crippen LogP contribution in [0.2, 0.25) is 19.6 Å². The molecule has 0 bridgehead atoms. The van der Waals surface area contributed by atoms with Gasteiger partial charge >= 0.3 is 0 Å². The lowest BCUT2D eigenvalue weighted by atomic mass is 10.4. The molecule has 0 N–H and O–H groups in total. The van der Waals surface area contributed by atoms with E-state index in [2.05, 4.69) is 69.7 Å². The molecular weight excluding hydrogens is 296 g/mol. The van der Waals surface area contributed by atoms with Gasteiger partial charge in [0.15, 0.2) is 0 Å². The van der Waals surface area contributed by atoms with Crippen molar-refractivity contribution < 1.29 is 0 Å². The average molecular weight is 308 g/mol. The third-order valence-corrected chi connectivity index (χ3v) is 5.32. The van der Waals surface area contributed by atoms with Crippen LogP contribution in [-0.4, -0.2) is 8.07 Å². The lowest BCUT2D eigenvalue weighted by Gasteiger charge is -2.18. The van der Waals surface area contributed by atoms with Gasteiger partial charge in [-0.1, -0.05) is 51.5 Å². The molecule has 0 saturated carbocycles. The van der Waals surface area contributed by atoms with E-state index in [4.69, 9.17) is 0 Å². The molecule has 0 unspecified atom stereocenters. The van der Waals surface area contributed by atoms with Crippen LogP contribution in [0, 0.1) is 0 Å². The minimum atomic E-state index is -1.19. The Morgan fingerprint density at radius 3 is 2.08 bits per heavy atom. The molecule has 0 aliphatic heterocycles. The largest absolute Gasteiger partial charge is 0.0791 e. The average Bonchev–Trinajstić information content (AvgIpc) is 1.92. The van der Waals surface area contributed by atoms with Gasteiger partial charge in [-0.15, -0.1) is 0 Å². The maximum Gasteiger partial charge on any atom is 0.0791 e. The van der Waals surface area contributed by atoms with Crippen LogP contribution >= 0.6 is 31.9 Å². The molecule has 1 rings (SSSR count). The number of hydrogen-bond acceptors (Lipinski definition) is 0. The molecule has 0 fully saturated rings. The molecule has 0 aliphatic rings. The van der Waals surface area contributed by atoms with Crippen molar-refractivity contribution in [2.45, 2.75) is 19.6 Å². The first-order chi connectivity index (χ1) is 5.41. The molecule has 1 aromatic rings. The summed E-state index contributed by atoms with van der Waals surface area (Å²) in [5.41, 5.74) is 0. The molecule has 0 aliphatic carbocycles. The second-order valence-electron chi connectivity index (χ2n) is 3.87. The maximum absolute atomic E-state index is 3.58. The zero-order chi connectivity index (χ0) is 9.35. The SMILES string of the molecule is C[Si](C)(C)c1cc(Br)ccc1Br. The topological polar surface area (TPSA) is 0 Å². The molecule has 66 valence electrons. The predicted molar refractivity (Wildman–Crippen MR) is 64.8 cm³/mol. The van der Waals surface area contributed by atoms with Gasteiger partial charge in [-0.05, 0) is 23.4 Å². The smallest absolute Gasteiger partial charge is 0.0656 e. The van der Waals surface area contributed by atoms with Gasteiger partial charge in [0.05, 0.1) is 8.07 Å². The van der Waals surface area contributed by atoms with Gasteiger partial charge in [-0.2, -0.15) is 0 Å². The van der Waals surface area contributed by atoms with E-state index in [-0.39, 0.29) is 0 Å². The van der Waals surface area contributed by atoms with E-state index in [1.54, 1.807) is 0 Å². The van der Waals surface area contributed by atoms with Crippen molar-refractivity contribution in [2.24, 2.45) is 0 Å². The summed E-state index contributed by atoms with van der Waals surface area (Å²) in [4.78, 5) is 0. The molecule has 0 aromatic heterocycles. The van der Waals surface area contributed by atoms with E-state index in [9.17, 15) is 0 Å². The second kappa shape index (κ2) is 3.64. The van der Waals surface area contributed by atoms with Crippen molar-refractivity contribution in [1.82, 2.24) is 0 Å². The van der Waals surface area contributed by atoms with Crippen molar-refractivity contribution in [2.75, 3.05) is 0 Å². The normalized spacial score (nSPS) is 11.8. The third-order valence-electron chi connectivity index (χ3n) is 1.74. The van der Waals surface area contributed by atoms with Crippen molar-refractivity contribution >= 4 is 45.1 Å². The van der Waals surface area contributed by atoms with Gasteiger partial charge < -0.3 is 0 Å². The minimum Gasteiger partial charge on any atom is -0.0656 e. The lowest BCUT2D eigenvalue weighted by Crippen LogP contribution is -2.38. The molecule has 0 amide bonds. The van der Waals surface area contributed by atoms with E-state index < -0.39 is 8.07 Å². The number of rotatable bonds is 1. The first kappa shape index (κ1) is 10.5. The van der Waals surface area contributed by atoms with Gasteiger partial charge in [-0.3, -0.25) is 0 Å². The van der Waals surface area contributed by atoms with Gasteiger partial charge in [0, 0.05) is 8.95 Å². The summed E-state index contributed by atoms with van der Waals surface area (Å²) in [6.07, 6.45) is 0. The highest BCUT2D eigenvalue weighted by Gasteiger charge is 2.19. The Hall–Kier alpha value is 0.397. The molecule has 0 saturated heterocycles. The highest BCUT2D eigenvalue weighted by atomic mass is 79.9. The Labute approximate surface area is 91.6 Å². The van der Waals surface area contributed by atoms with Gasteiger partial charge in [0.2, 0.25) is 0 Å². The van der Waals surface area contributed by atoms with Crippen LogP contribution in [0.25, 0.3) is 0 Å². The maximum atomic E-state index is 3.58. The van der Waals surface area contributed by atoms with Crippen molar-refractivity contribution in [3.8, 4) is 0 Å². The fourth-order valence-electron chi connectivity index (χ4n) is 1.07. The van der Waals surface area contributed by atoms with Gasteiger partial charge in [-0.25, -0.2) is 0 Å². The molecule has 3 heteroatoms. The molecule has 0 nitrogen and oxygen atoms in total. The molecule has 0 radical (unpaired) electrons. The van der Waals surface area contributed by atoms with Crippen LogP contribution in [0.4, 0.5) is 0 Å². The Morgan fingerprint density at radius 2 is 1.67 bits per heavy atom. The Bertz CT molecular complexity index is 289. The zero-order valence-corrected chi connectivity index (χ0v) is 11.7. The highest BCUT2D eigenvalue weighted by molar-refractivity contribution is 9.11. The van der Waals surface area contributed by atoms with Crippen molar-refractivity contribution in [3.63, 3.8) is 0 Å². The Balaban J connectivity index is 3.23. The summed E-state index contributed by atoms with van der Waals surface area (Å²) in [6, 6.07) is 6.39. The number of hydrogen-bond donors (Lipinski definition) is 0. The third kappa shape index (κ3) is 2.44. The zero-order valence-electron chi connectivity index (χ0n) is 7.49. The van der Waals surface area contributed by atoms with E-state index in [0.717, 1.165) is 0 Å². The first-order valence-corrected chi connectivity index (χ1v) is 8.95. The lowest BCUT2D eigenvalue weighted by molar-refractivity contribution is 1.60. The molecule has 1 aromatic carbocycles. The van der Waals surface area contributed by atoms with E-state index >= 15 is 0 Å². The summed E-state index contributed by atoms with van der Waals surface area (Å²) in [5, 5.41) is 1.47. The van der Waals surface area contributed by atoms with Crippen LogP contribution < -0.4 is 5.19 Å². The highest BCUT2D eigenvalue weighted by Crippen LogP contribution is 2.17. The molecule has 0 atom stereocenters. The summed E-state index contributed by atoms with van der Waals surface area (Å²) in [6.45, 7) is 7.04. The van der Waals surface area contributed by atoms with E-state index in [1.807, 2.05) is 0 Å².